The van der Waals surface area contributed by atoms with Gasteiger partial charge in [-0.25, -0.2) is 4.39 Å². The molecule has 0 atom stereocenters. The fourth-order valence-electron chi connectivity index (χ4n) is 2.59. The predicted molar refractivity (Wildman–Crippen MR) is 92.7 cm³/mol. The molecule has 24 heavy (non-hydrogen) atoms. The third-order valence-corrected chi connectivity index (χ3v) is 3.79. The van der Waals surface area contributed by atoms with Crippen molar-refractivity contribution in [2.75, 3.05) is 6.61 Å². The Labute approximate surface area is 139 Å². The highest BCUT2D eigenvalue weighted by molar-refractivity contribution is 5.80. The zero-order valence-corrected chi connectivity index (χ0v) is 13.4. The van der Waals surface area contributed by atoms with Gasteiger partial charge in [0.15, 0.2) is 0 Å². The first kappa shape index (κ1) is 16.2. The second kappa shape index (κ2) is 7.27. The molecule has 0 fully saturated rings. The van der Waals surface area contributed by atoms with E-state index in [0.717, 1.165) is 16.7 Å². The number of hydrogen-bond donors (Lipinski definition) is 2. The Kier molecular flexibility index (Phi) is 4.91. The van der Waals surface area contributed by atoms with Gasteiger partial charge in [-0.05, 0) is 36.6 Å². The summed E-state index contributed by atoms with van der Waals surface area (Å²) in [4.78, 5) is 15.1. The van der Waals surface area contributed by atoms with Crippen LogP contribution in [0.25, 0.3) is 10.9 Å². The summed E-state index contributed by atoms with van der Waals surface area (Å²) < 4.78 is 19.0. The van der Waals surface area contributed by atoms with Crippen molar-refractivity contribution in [3.63, 3.8) is 0 Å². The third kappa shape index (κ3) is 3.63. The van der Waals surface area contributed by atoms with Crippen LogP contribution in [-0.2, 0) is 13.1 Å². The summed E-state index contributed by atoms with van der Waals surface area (Å²) in [6.45, 7) is 3.23. The molecule has 0 saturated carbocycles. The maximum Gasteiger partial charge on any atom is 0.252 e. The van der Waals surface area contributed by atoms with Gasteiger partial charge in [0.25, 0.3) is 5.56 Å². The van der Waals surface area contributed by atoms with Gasteiger partial charge in [-0.1, -0.05) is 18.2 Å². The molecule has 0 unspecified atom stereocenters. The summed E-state index contributed by atoms with van der Waals surface area (Å²) >= 11 is 0. The fraction of sp³-hybridized carbons (Fsp3) is 0.211. The Morgan fingerprint density at radius 2 is 1.88 bits per heavy atom. The quantitative estimate of drug-likeness (QED) is 0.730. The molecule has 2 N–H and O–H groups in total. The summed E-state index contributed by atoms with van der Waals surface area (Å²) in [6, 6.07) is 14.0. The number of H-pyrrole nitrogens is 1. The molecule has 0 amide bonds. The van der Waals surface area contributed by atoms with E-state index in [1.54, 1.807) is 18.2 Å². The number of hydrogen-bond acceptors (Lipinski definition) is 3. The van der Waals surface area contributed by atoms with Crippen LogP contribution in [0.3, 0.4) is 0 Å². The standard InChI is InChI=1S/C19H19FN2O2/c1-2-24-16-8-7-13-9-15(19(23)22-18(13)10-16)12-21-11-14-5-3-4-6-17(14)20/h3-10,21H,2,11-12H2,1H3,(H,22,23). The highest BCUT2D eigenvalue weighted by atomic mass is 19.1. The van der Waals surface area contributed by atoms with Gasteiger partial charge in [-0.3, -0.25) is 4.79 Å². The first-order valence-corrected chi connectivity index (χ1v) is 7.90. The summed E-state index contributed by atoms with van der Waals surface area (Å²) in [6.07, 6.45) is 0. The molecule has 0 spiro atoms. The molecule has 0 bridgehead atoms. The van der Waals surface area contributed by atoms with Crippen LogP contribution in [0.5, 0.6) is 5.75 Å². The van der Waals surface area contributed by atoms with E-state index in [0.29, 0.717) is 30.8 Å². The van der Waals surface area contributed by atoms with E-state index < -0.39 is 0 Å². The molecule has 3 rings (SSSR count). The maximum absolute atomic E-state index is 13.6. The zero-order chi connectivity index (χ0) is 16.9. The molecule has 0 aliphatic heterocycles. The van der Waals surface area contributed by atoms with E-state index in [1.165, 1.54) is 6.07 Å². The Balaban J connectivity index is 1.75. The number of pyridine rings is 1. The van der Waals surface area contributed by atoms with Crippen LogP contribution < -0.4 is 15.6 Å². The smallest absolute Gasteiger partial charge is 0.252 e. The van der Waals surface area contributed by atoms with Gasteiger partial charge in [-0.2, -0.15) is 0 Å². The van der Waals surface area contributed by atoms with Crippen molar-refractivity contribution < 1.29 is 9.13 Å². The zero-order valence-electron chi connectivity index (χ0n) is 13.4. The average Bonchev–Trinajstić information content (AvgIpc) is 2.57. The molecule has 5 heteroatoms. The molecule has 3 aromatic rings. The van der Waals surface area contributed by atoms with Gasteiger partial charge in [-0.15, -0.1) is 0 Å². The molecule has 1 aromatic heterocycles. The van der Waals surface area contributed by atoms with E-state index in [4.69, 9.17) is 4.74 Å². The van der Waals surface area contributed by atoms with Crippen molar-refractivity contribution in [1.29, 1.82) is 0 Å². The van der Waals surface area contributed by atoms with E-state index in [2.05, 4.69) is 10.3 Å². The normalized spacial score (nSPS) is 10.9. The van der Waals surface area contributed by atoms with Crippen LogP contribution in [0.15, 0.2) is 53.3 Å². The second-order valence-electron chi connectivity index (χ2n) is 5.50. The predicted octanol–water partition coefficient (Wildman–Crippen LogP) is 3.36. The lowest BCUT2D eigenvalue weighted by molar-refractivity contribution is 0.340. The first-order valence-electron chi connectivity index (χ1n) is 7.90. The first-order chi connectivity index (χ1) is 11.7. The molecule has 0 aliphatic carbocycles. The summed E-state index contributed by atoms with van der Waals surface area (Å²) in [5.74, 6) is 0.479. The van der Waals surface area contributed by atoms with Crippen LogP contribution in [0.1, 0.15) is 18.1 Å². The number of rotatable bonds is 6. The summed E-state index contributed by atoms with van der Waals surface area (Å²) in [5.41, 5.74) is 1.78. The minimum Gasteiger partial charge on any atom is -0.494 e. The number of nitrogens with one attached hydrogen (secondary N) is 2. The van der Waals surface area contributed by atoms with Crippen LogP contribution in [0.4, 0.5) is 4.39 Å². The van der Waals surface area contributed by atoms with Crippen molar-refractivity contribution in [2.45, 2.75) is 20.0 Å². The number of halogens is 1. The monoisotopic (exact) mass is 326 g/mol. The highest BCUT2D eigenvalue weighted by Crippen LogP contribution is 2.19. The van der Waals surface area contributed by atoms with Crippen molar-refractivity contribution in [3.05, 3.63) is 75.8 Å². The molecular weight excluding hydrogens is 307 g/mol. The minimum atomic E-state index is -0.249. The van der Waals surface area contributed by atoms with E-state index in [-0.39, 0.29) is 11.4 Å². The number of ether oxygens (including phenoxy) is 1. The van der Waals surface area contributed by atoms with Crippen LogP contribution >= 0.6 is 0 Å². The van der Waals surface area contributed by atoms with Crippen LogP contribution in [-0.4, -0.2) is 11.6 Å². The number of benzene rings is 2. The molecule has 124 valence electrons. The molecule has 4 nitrogen and oxygen atoms in total. The Hall–Kier alpha value is -2.66. The molecule has 2 aromatic carbocycles. The lowest BCUT2D eigenvalue weighted by Gasteiger charge is -2.08. The van der Waals surface area contributed by atoms with Crippen molar-refractivity contribution in [3.8, 4) is 5.75 Å². The van der Waals surface area contributed by atoms with Crippen molar-refractivity contribution in [2.24, 2.45) is 0 Å². The van der Waals surface area contributed by atoms with Gasteiger partial charge in [0.2, 0.25) is 0 Å². The lowest BCUT2D eigenvalue weighted by Crippen LogP contribution is -2.21. The lowest BCUT2D eigenvalue weighted by atomic mass is 10.1. The SMILES string of the molecule is CCOc1ccc2cc(CNCc3ccccc3F)c(=O)[nH]c2c1. The van der Waals surface area contributed by atoms with Crippen molar-refractivity contribution >= 4 is 10.9 Å². The van der Waals surface area contributed by atoms with E-state index in [9.17, 15) is 9.18 Å². The highest BCUT2D eigenvalue weighted by Gasteiger charge is 2.05. The third-order valence-electron chi connectivity index (χ3n) is 3.79. The van der Waals surface area contributed by atoms with Crippen LogP contribution in [0.2, 0.25) is 0 Å². The Morgan fingerprint density at radius 1 is 1.08 bits per heavy atom. The van der Waals surface area contributed by atoms with Crippen molar-refractivity contribution in [1.82, 2.24) is 10.3 Å². The molecule has 0 radical (unpaired) electrons. The van der Waals surface area contributed by atoms with E-state index >= 15 is 0 Å². The summed E-state index contributed by atoms with van der Waals surface area (Å²) in [7, 11) is 0. The topological polar surface area (TPSA) is 54.1 Å². The second-order valence-corrected chi connectivity index (χ2v) is 5.50. The Bertz CT molecular complexity index is 905. The van der Waals surface area contributed by atoms with E-state index in [1.807, 2.05) is 31.2 Å². The largest absolute Gasteiger partial charge is 0.494 e. The van der Waals surface area contributed by atoms with Crippen LogP contribution in [0, 0.1) is 5.82 Å². The average molecular weight is 326 g/mol. The number of aromatic nitrogens is 1. The van der Waals surface area contributed by atoms with Gasteiger partial charge in [0.1, 0.15) is 11.6 Å². The Morgan fingerprint density at radius 3 is 2.67 bits per heavy atom. The number of aromatic amines is 1. The van der Waals surface area contributed by atoms with Gasteiger partial charge in [0, 0.05) is 30.3 Å². The van der Waals surface area contributed by atoms with Gasteiger partial charge in [0.05, 0.1) is 12.1 Å². The molecule has 0 saturated heterocycles. The molecule has 0 aliphatic rings. The fourth-order valence-corrected chi connectivity index (χ4v) is 2.59. The molecule has 1 heterocycles. The molecular formula is C19H19FN2O2. The minimum absolute atomic E-state index is 0.155. The van der Waals surface area contributed by atoms with Gasteiger partial charge < -0.3 is 15.0 Å². The maximum atomic E-state index is 13.6. The number of fused-ring (bicyclic) bond motifs is 1. The summed E-state index contributed by atoms with van der Waals surface area (Å²) in [5, 5.41) is 4.04. The van der Waals surface area contributed by atoms with Gasteiger partial charge >= 0.3 is 0 Å².